The highest BCUT2D eigenvalue weighted by atomic mass is 35.5. The number of hydrogen-bond donors (Lipinski definition) is 1. The van der Waals surface area contributed by atoms with Gasteiger partial charge in [0, 0.05) is 5.02 Å². The summed E-state index contributed by atoms with van der Waals surface area (Å²) < 4.78 is 11.1. The lowest BCUT2D eigenvalue weighted by Crippen LogP contribution is -2.33. The summed E-state index contributed by atoms with van der Waals surface area (Å²) in [6, 6.07) is 26.8. The Kier molecular flexibility index (Phi) is 7.20. The normalized spacial score (nSPS) is 11.8. The van der Waals surface area contributed by atoms with Crippen molar-refractivity contribution in [3.63, 3.8) is 0 Å². The van der Waals surface area contributed by atoms with Crippen LogP contribution in [0.2, 0.25) is 5.02 Å². The minimum Gasteiger partial charge on any atom is -0.481 e. The van der Waals surface area contributed by atoms with Crippen molar-refractivity contribution in [2.45, 2.75) is 13.0 Å². The Labute approximate surface area is 201 Å². The molecule has 0 saturated heterocycles. The van der Waals surface area contributed by atoms with E-state index in [0.717, 1.165) is 10.8 Å². The molecular weight excluding hydrogens is 452 g/mol. The van der Waals surface area contributed by atoms with E-state index in [1.54, 1.807) is 49.4 Å². The summed E-state index contributed by atoms with van der Waals surface area (Å²) in [5.41, 5.74) is 3.55. The zero-order valence-electron chi connectivity index (χ0n) is 18.3. The lowest BCUT2D eigenvalue weighted by molar-refractivity contribution is -0.127. The second-order valence-electron chi connectivity index (χ2n) is 7.47. The average molecular weight is 473 g/mol. The van der Waals surface area contributed by atoms with Gasteiger partial charge in [0.15, 0.2) is 6.10 Å². The van der Waals surface area contributed by atoms with E-state index < -0.39 is 12.1 Å². The Hall–Kier alpha value is -4.16. The number of hydrogen-bond acceptors (Lipinski definition) is 5. The molecule has 7 heteroatoms. The maximum absolute atomic E-state index is 12.3. The van der Waals surface area contributed by atoms with Crippen molar-refractivity contribution in [3.8, 4) is 11.5 Å². The minimum atomic E-state index is -0.730. The zero-order chi connectivity index (χ0) is 23.9. The van der Waals surface area contributed by atoms with Crippen LogP contribution in [0.4, 0.5) is 0 Å². The van der Waals surface area contributed by atoms with Gasteiger partial charge in [-0.15, -0.1) is 0 Å². The van der Waals surface area contributed by atoms with Crippen molar-refractivity contribution in [2.75, 3.05) is 0 Å². The van der Waals surface area contributed by atoms with Crippen LogP contribution in [0, 0.1) is 0 Å². The van der Waals surface area contributed by atoms with Gasteiger partial charge in [0.25, 0.3) is 5.91 Å². The summed E-state index contributed by atoms with van der Waals surface area (Å²) in [5, 5.41) is 6.57. The van der Waals surface area contributed by atoms with Crippen LogP contribution in [0.3, 0.4) is 0 Å². The number of rotatable bonds is 7. The minimum absolute atomic E-state index is 0.362. The van der Waals surface area contributed by atoms with Crippen molar-refractivity contribution in [3.05, 3.63) is 107 Å². The maximum atomic E-state index is 12.3. The molecule has 0 fully saturated rings. The second-order valence-corrected chi connectivity index (χ2v) is 7.91. The third kappa shape index (κ3) is 5.99. The molecule has 0 spiro atoms. The fraction of sp³-hybridized carbons (Fsp3) is 0.0741. The topological polar surface area (TPSA) is 77.0 Å². The van der Waals surface area contributed by atoms with Gasteiger partial charge >= 0.3 is 5.97 Å². The molecule has 4 aromatic carbocycles. The fourth-order valence-corrected chi connectivity index (χ4v) is 3.35. The number of amides is 1. The molecular formula is C27H21ClN2O4. The number of nitrogens with one attached hydrogen (secondary N) is 1. The molecule has 1 unspecified atom stereocenters. The van der Waals surface area contributed by atoms with Crippen LogP contribution in [-0.2, 0) is 4.79 Å². The molecule has 34 heavy (non-hydrogen) atoms. The molecule has 6 nitrogen and oxygen atoms in total. The van der Waals surface area contributed by atoms with Gasteiger partial charge in [0.2, 0.25) is 0 Å². The molecule has 4 aromatic rings. The Balaban J connectivity index is 1.29. The highest BCUT2D eigenvalue weighted by molar-refractivity contribution is 6.30. The summed E-state index contributed by atoms with van der Waals surface area (Å²) in [6.07, 6.45) is 0.759. The second kappa shape index (κ2) is 10.6. The van der Waals surface area contributed by atoms with Gasteiger partial charge in [-0.3, -0.25) is 4.79 Å². The number of carbonyl (C=O) groups is 2. The van der Waals surface area contributed by atoms with Gasteiger partial charge in [-0.05, 0) is 77.9 Å². The number of carbonyl (C=O) groups excluding carboxylic acids is 2. The van der Waals surface area contributed by atoms with E-state index in [2.05, 4.69) is 10.5 Å². The number of fused-ring (bicyclic) bond motifs is 1. The smallest absolute Gasteiger partial charge is 0.343 e. The molecule has 0 aliphatic heterocycles. The largest absolute Gasteiger partial charge is 0.481 e. The van der Waals surface area contributed by atoms with E-state index in [1.165, 1.54) is 12.3 Å². The monoisotopic (exact) mass is 472 g/mol. The highest BCUT2D eigenvalue weighted by Crippen LogP contribution is 2.21. The van der Waals surface area contributed by atoms with Gasteiger partial charge in [0.05, 0.1) is 11.8 Å². The van der Waals surface area contributed by atoms with Crippen molar-refractivity contribution < 1.29 is 19.1 Å². The van der Waals surface area contributed by atoms with Crippen LogP contribution in [0.1, 0.15) is 22.8 Å². The average Bonchev–Trinajstić information content (AvgIpc) is 2.85. The molecule has 0 saturated carbocycles. The third-order valence-corrected chi connectivity index (χ3v) is 5.18. The summed E-state index contributed by atoms with van der Waals surface area (Å²) in [6.45, 7) is 1.66. The number of nitrogens with zero attached hydrogens (tertiary/aromatic N) is 1. The summed E-state index contributed by atoms with van der Waals surface area (Å²) in [5.74, 6) is 0.102. The van der Waals surface area contributed by atoms with Crippen molar-refractivity contribution in [1.29, 1.82) is 0 Å². The van der Waals surface area contributed by atoms with Crippen molar-refractivity contribution in [1.82, 2.24) is 5.43 Å². The Morgan fingerprint density at radius 3 is 2.38 bits per heavy atom. The number of ether oxygens (including phenoxy) is 2. The van der Waals surface area contributed by atoms with E-state index in [-0.39, 0.29) is 5.91 Å². The molecule has 0 aliphatic carbocycles. The first-order chi connectivity index (χ1) is 16.5. The van der Waals surface area contributed by atoms with Gasteiger partial charge in [0.1, 0.15) is 11.5 Å². The summed E-state index contributed by atoms with van der Waals surface area (Å²) in [4.78, 5) is 24.5. The van der Waals surface area contributed by atoms with Crippen LogP contribution in [0.5, 0.6) is 11.5 Å². The predicted molar refractivity (Wildman–Crippen MR) is 133 cm³/mol. The van der Waals surface area contributed by atoms with Gasteiger partial charge in [-0.2, -0.15) is 5.10 Å². The third-order valence-electron chi connectivity index (χ3n) is 4.94. The fourth-order valence-electron chi connectivity index (χ4n) is 3.16. The summed E-state index contributed by atoms with van der Waals surface area (Å²) in [7, 11) is 0. The first-order valence-corrected chi connectivity index (χ1v) is 10.9. The van der Waals surface area contributed by atoms with E-state index >= 15 is 0 Å². The van der Waals surface area contributed by atoms with Crippen LogP contribution < -0.4 is 14.9 Å². The molecule has 0 aliphatic rings. The van der Waals surface area contributed by atoms with E-state index in [4.69, 9.17) is 21.1 Å². The van der Waals surface area contributed by atoms with Gasteiger partial charge in [-0.25, -0.2) is 10.2 Å². The van der Waals surface area contributed by atoms with E-state index in [0.29, 0.717) is 27.6 Å². The lowest BCUT2D eigenvalue weighted by Gasteiger charge is -2.13. The molecule has 1 atom stereocenters. The van der Waals surface area contributed by atoms with Crippen LogP contribution in [0.15, 0.2) is 96.1 Å². The van der Waals surface area contributed by atoms with Crippen molar-refractivity contribution >= 4 is 40.5 Å². The molecule has 170 valence electrons. The maximum Gasteiger partial charge on any atom is 0.343 e. The molecule has 1 amide bonds. The highest BCUT2D eigenvalue weighted by Gasteiger charge is 2.14. The molecule has 4 rings (SSSR count). The Bertz CT molecular complexity index is 1350. The number of halogens is 1. The first kappa shape index (κ1) is 23.0. The first-order valence-electron chi connectivity index (χ1n) is 10.5. The van der Waals surface area contributed by atoms with Gasteiger partial charge < -0.3 is 9.47 Å². The molecule has 0 aromatic heterocycles. The Morgan fingerprint density at radius 1 is 0.882 bits per heavy atom. The summed E-state index contributed by atoms with van der Waals surface area (Å²) >= 11 is 5.90. The number of hydrazone groups is 1. The zero-order valence-corrected chi connectivity index (χ0v) is 19.0. The molecule has 0 bridgehead atoms. The van der Waals surface area contributed by atoms with Crippen LogP contribution in [-0.4, -0.2) is 24.2 Å². The van der Waals surface area contributed by atoms with E-state index in [9.17, 15) is 9.59 Å². The van der Waals surface area contributed by atoms with Crippen molar-refractivity contribution in [2.24, 2.45) is 5.10 Å². The van der Waals surface area contributed by atoms with E-state index in [1.807, 2.05) is 42.5 Å². The number of benzene rings is 4. The van der Waals surface area contributed by atoms with Crippen LogP contribution in [0.25, 0.3) is 10.8 Å². The standard InChI is InChI=1S/C27H21ClN2O4/c1-18(33-25-14-11-20-5-2-3-6-21(20)16-25)26(31)30-29-17-19-9-12-24(13-10-19)34-27(32)22-7-4-8-23(28)15-22/h2-18H,1H3,(H,30,31)/b29-17+. The Morgan fingerprint density at radius 2 is 1.62 bits per heavy atom. The SMILES string of the molecule is CC(Oc1ccc2ccccc2c1)C(=O)N/N=C/c1ccc(OC(=O)c2cccc(Cl)c2)cc1. The van der Waals surface area contributed by atoms with Crippen LogP contribution >= 0.6 is 11.6 Å². The number of esters is 1. The molecule has 0 radical (unpaired) electrons. The quantitative estimate of drug-likeness (QED) is 0.164. The molecule has 1 N–H and O–H groups in total. The molecule has 0 heterocycles. The van der Waals surface area contributed by atoms with Gasteiger partial charge in [-0.1, -0.05) is 48.0 Å². The lowest BCUT2D eigenvalue weighted by atomic mass is 10.1. The predicted octanol–water partition coefficient (Wildman–Crippen LogP) is 5.63.